The van der Waals surface area contributed by atoms with Crippen molar-refractivity contribution in [3.63, 3.8) is 0 Å². The van der Waals surface area contributed by atoms with Gasteiger partial charge < -0.3 is 15.0 Å². The second-order valence-electron chi connectivity index (χ2n) is 7.05. The summed E-state index contributed by atoms with van der Waals surface area (Å²) in [6.07, 6.45) is 5.99. The summed E-state index contributed by atoms with van der Waals surface area (Å²) in [5.41, 5.74) is 2.63. The highest BCUT2D eigenvalue weighted by Gasteiger charge is 2.34. The number of hydrogen-bond acceptors (Lipinski definition) is 6. The molecule has 26 heavy (non-hydrogen) atoms. The number of benzene rings is 1. The molecule has 2 aliphatic heterocycles. The van der Waals surface area contributed by atoms with E-state index in [0.717, 1.165) is 48.8 Å². The van der Waals surface area contributed by atoms with Crippen LogP contribution < -0.4 is 15.0 Å². The van der Waals surface area contributed by atoms with Crippen molar-refractivity contribution < 1.29 is 9.66 Å². The van der Waals surface area contributed by atoms with Crippen LogP contribution in [0.4, 0.5) is 11.4 Å². The number of nitro benzene ring substituents is 1. The Morgan fingerprint density at radius 2 is 2.23 bits per heavy atom. The molecule has 2 fully saturated rings. The zero-order valence-corrected chi connectivity index (χ0v) is 15.0. The fraction of sp³-hybridized carbons (Fsp3) is 0.500. The lowest BCUT2D eigenvalue weighted by Gasteiger charge is -2.37. The molecule has 3 heterocycles. The molecule has 0 aliphatic carbocycles. The molecule has 1 aromatic heterocycles. The molecule has 0 radical (unpaired) electrons. The van der Waals surface area contributed by atoms with Crippen LogP contribution in [0.2, 0.25) is 0 Å². The lowest BCUT2D eigenvalue weighted by atomic mass is 9.91. The van der Waals surface area contributed by atoms with Crippen LogP contribution in [0, 0.1) is 16.0 Å². The molecule has 138 valence electrons. The molecular formula is C18H23N5O3. The average molecular weight is 357 g/mol. The molecule has 2 unspecified atom stereocenters. The van der Waals surface area contributed by atoms with E-state index < -0.39 is 4.92 Å². The van der Waals surface area contributed by atoms with E-state index in [9.17, 15) is 10.1 Å². The minimum Gasteiger partial charge on any atom is -0.490 e. The Labute approximate surface area is 151 Å². The number of nitro groups is 1. The van der Waals surface area contributed by atoms with Gasteiger partial charge in [0.1, 0.15) is 0 Å². The van der Waals surface area contributed by atoms with Gasteiger partial charge in [-0.15, -0.1) is 0 Å². The van der Waals surface area contributed by atoms with Crippen LogP contribution in [0.15, 0.2) is 24.5 Å². The Morgan fingerprint density at radius 3 is 2.92 bits per heavy atom. The van der Waals surface area contributed by atoms with Gasteiger partial charge in [-0.2, -0.15) is 5.10 Å². The number of hydrogen-bond donors (Lipinski definition) is 1. The van der Waals surface area contributed by atoms with Gasteiger partial charge in [-0.25, -0.2) is 0 Å². The van der Waals surface area contributed by atoms with Crippen LogP contribution in [0.1, 0.15) is 12.8 Å². The SMILES string of the molecule is COc1cc(N2CCC3CCNC3C2)c(-c2cnn(C)c2)cc1[N+](=O)[O-]. The van der Waals surface area contributed by atoms with Gasteiger partial charge in [0.2, 0.25) is 0 Å². The topological polar surface area (TPSA) is 85.5 Å². The lowest BCUT2D eigenvalue weighted by Crippen LogP contribution is -2.46. The lowest BCUT2D eigenvalue weighted by molar-refractivity contribution is -0.385. The zero-order valence-electron chi connectivity index (χ0n) is 15.0. The first-order chi connectivity index (χ1) is 12.6. The van der Waals surface area contributed by atoms with Crippen LogP contribution in [-0.4, -0.2) is 47.5 Å². The molecule has 8 nitrogen and oxygen atoms in total. The predicted molar refractivity (Wildman–Crippen MR) is 98.6 cm³/mol. The molecule has 2 aliphatic rings. The summed E-state index contributed by atoms with van der Waals surface area (Å²) >= 11 is 0. The van der Waals surface area contributed by atoms with Crippen molar-refractivity contribution in [2.45, 2.75) is 18.9 Å². The Hall–Kier alpha value is -2.61. The summed E-state index contributed by atoms with van der Waals surface area (Å²) in [7, 11) is 3.32. The van der Waals surface area contributed by atoms with Gasteiger partial charge in [0.05, 0.1) is 18.2 Å². The third kappa shape index (κ3) is 2.90. The van der Waals surface area contributed by atoms with Crippen molar-refractivity contribution in [1.82, 2.24) is 15.1 Å². The number of nitrogens with one attached hydrogen (secondary N) is 1. The normalized spacial score (nSPS) is 22.3. The van der Waals surface area contributed by atoms with Crippen molar-refractivity contribution in [3.8, 4) is 16.9 Å². The summed E-state index contributed by atoms with van der Waals surface area (Å²) in [5, 5.41) is 19.3. The van der Waals surface area contributed by atoms with Crippen LogP contribution in [0.5, 0.6) is 5.75 Å². The van der Waals surface area contributed by atoms with Crippen molar-refractivity contribution in [2.75, 3.05) is 31.6 Å². The van der Waals surface area contributed by atoms with Gasteiger partial charge in [-0.05, 0) is 25.3 Å². The molecule has 0 bridgehead atoms. The maximum atomic E-state index is 11.5. The highest BCUT2D eigenvalue weighted by Crippen LogP contribution is 2.41. The number of nitrogens with zero attached hydrogens (tertiary/aromatic N) is 4. The third-order valence-corrected chi connectivity index (χ3v) is 5.53. The Balaban J connectivity index is 1.80. The second-order valence-corrected chi connectivity index (χ2v) is 7.05. The number of anilines is 1. The first kappa shape index (κ1) is 16.8. The van der Waals surface area contributed by atoms with Crippen molar-refractivity contribution >= 4 is 11.4 Å². The highest BCUT2D eigenvalue weighted by molar-refractivity contribution is 5.82. The molecule has 8 heteroatoms. The number of aryl methyl sites for hydroxylation is 1. The van der Waals surface area contributed by atoms with E-state index in [4.69, 9.17) is 4.74 Å². The summed E-state index contributed by atoms with van der Waals surface area (Å²) in [5.74, 6) is 1.02. The maximum absolute atomic E-state index is 11.5. The number of rotatable bonds is 4. The summed E-state index contributed by atoms with van der Waals surface area (Å²) in [6, 6.07) is 3.89. The fourth-order valence-corrected chi connectivity index (χ4v) is 4.17. The third-order valence-electron chi connectivity index (χ3n) is 5.53. The fourth-order valence-electron chi connectivity index (χ4n) is 4.17. The van der Waals surface area contributed by atoms with E-state index in [-0.39, 0.29) is 5.69 Å². The Kier molecular flexibility index (Phi) is 4.28. The first-order valence-corrected chi connectivity index (χ1v) is 8.90. The van der Waals surface area contributed by atoms with Gasteiger partial charge in [0.25, 0.3) is 0 Å². The molecule has 4 rings (SSSR count). The molecule has 2 atom stereocenters. The van der Waals surface area contributed by atoms with E-state index in [2.05, 4.69) is 15.3 Å². The molecule has 2 saturated heterocycles. The van der Waals surface area contributed by atoms with E-state index >= 15 is 0 Å². The predicted octanol–water partition coefficient (Wildman–Crippen LogP) is 2.19. The van der Waals surface area contributed by atoms with Gasteiger partial charge in [-0.3, -0.25) is 14.8 Å². The second kappa shape index (κ2) is 6.60. The van der Waals surface area contributed by atoms with Gasteiger partial charge in [0, 0.05) is 61.3 Å². The van der Waals surface area contributed by atoms with E-state index in [1.54, 1.807) is 23.0 Å². The highest BCUT2D eigenvalue weighted by atomic mass is 16.6. The van der Waals surface area contributed by atoms with E-state index in [0.29, 0.717) is 11.8 Å². The van der Waals surface area contributed by atoms with Crippen molar-refractivity contribution in [3.05, 3.63) is 34.6 Å². The standard InChI is InChI=1S/C18H23N5O3/c1-21-10-13(9-20-21)14-7-17(23(24)25)18(26-2)8-16(14)22-6-4-12-3-5-19-15(12)11-22/h7-10,12,15,19H,3-6,11H2,1-2H3. The van der Waals surface area contributed by atoms with Crippen molar-refractivity contribution in [2.24, 2.45) is 13.0 Å². The van der Waals surface area contributed by atoms with Crippen LogP contribution >= 0.6 is 0 Å². The summed E-state index contributed by atoms with van der Waals surface area (Å²) in [4.78, 5) is 13.4. The van der Waals surface area contributed by atoms with Gasteiger partial charge in [0.15, 0.2) is 5.75 Å². The number of aromatic nitrogens is 2. The zero-order chi connectivity index (χ0) is 18.3. The molecule has 0 amide bonds. The van der Waals surface area contributed by atoms with E-state index in [1.807, 2.05) is 13.2 Å². The Bertz CT molecular complexity index is 834. The molecular weight excluding hydrogens is 334 g/mol. The minimum absolute atomic E-state index is 0.0241. The number of ether oxygens (including phenoxy) is 1. The van der Waals surface area contributed by atoms with Gasteiger partial charge >= 0.3 is 5.69 Å². The molecule has 0 saturated carbocycles. The number of methoxy groups -OCH3 is 1. The maximum Gasteiger partial charge on any atom is 0.311 e. The summed E-state index contributed by atoms with van der Waals surface area (Å²) < 4.78 is 7.02. The van der Waals surface area contributed by atoms with E-state index in [1.165, 1.54) is 13.5 Å². The molecule has 2 aromatic rings. The molecule has 1 aromatic carbocycles. The van der Waals surface area contributed by atoms with Crippen LogP contribution in [-0.2, 0) is 7.05 Å². The smallest absolute Gasteiger partial charge is 0.311 e. The van der Waals surface area contributed by atoms with Crippen LogP contribution in [0.25, 0.3) is 11.1 Å². The minimum atomic E-state index is -0.396. The largest absolute Gasteiger partial charge is 0.490 e. The van der Waals surface area contributed by atoms with Crippen molar-refractivity contribution in [1.29, 1.82) is 0 Å². The summed E-state index contributed by atoms with van der Waals surface area (Å²) in [6.45, 7) is 2.91. The van der Waals surface area contributed by atoms with Gasteiger partial charge in [-0.1, -0.05) is 0 Å². The average Bonchev–Trinajstić information content (AvgIpc) is 3.28. The molecule has 1 N–H and O–H groups in total. The Morgan fingerprint density at radius 1 is 1.38 bits per heavy atom. The number of piperidine rings is 1. The number of fused-ring (bicyclic) bond motifs is 1. The first-order valence-electron chi connectivity index (χ1n) is 8.90. The van der Waals surface area contributed by atoms with Crippen LogP contribution in [0.3, 0.4) is 0 Å². The monoisotopic (exact) mass is 357 g/mol. The quantitative estimate of drug-likeness (QED) is 0.667. The molecule has 0 spiro atoms.